The van der Waals surface area contributed by atoms with Crippen molar-refractivity contribution in [1.82, 2.24) is 14.5 Å². The molecule has 1 aliphatic heterocycles. The van der Waals surface area contributed by atoms with E-state index in [-0.39, 0.29) is 12.1 Å². The molecule has 34 heavy (non-hydrogen) atoms. The van der Waals surface area contributed by atoms with Gasteiger partial charge < -0.3 is 29.0 Å². The molecule has 8 heteroatoms. The Balaban J connectivity index is 1.41. The molecule has 0 spiro atoms. The molecule has 1 atom stereocenters. The normalized spacial score (nSPS) is 17.3. The van der Waals surface area contributed by atoms with Crippen molar-refractivity contribution < 1.29 is 19.0 Å². The number of carbonyl (C=O) groups excluding carboxylic acids is 1. The highest BCUT2D eigenvalue weighted by Gasteiger charge is 2.31. The maximum atomic E-state index is 12.7. The van der Waals surface area contributed by atoms with Gasteiger partial charge in [-0.05, 0) is 63.8 Å². The highest BCUT2D eigenvalue weighted by Crippen LogP contribution is 2.36. The van der Waals surface area contributed by atoms with Gasteiger partial charge in [0.15, 0.2) is 11.5 Å². The lowest BCUT2D eigenvalue weighted by atomic mass is 9.91. The number of aryl methyl sites for hydroxylation is 1. The summed E-state index contributed by atoms with van der Waals surface area (Å²) >= 11 is 0. The van der Waals surface area contributed by atoms with Crippen molar-refractivity contribution in [3.63, 3.8) is 0 Å². The summed E-state index contributed by atoms with van der Waals surface area (Å²) in [5, 5.41) is 4.56. The Bertz CT molecular complexity index is 1240. The van der Waals surface area contributed by atoms with Gasteiger partial charge in [0.1, 0.15) is 24.5 Å². The molecule has 0 radical (unpaired) electrons. The van der Waals surface area contributed by atoms with Crippen LogP contribution in [0.2, 0.25) is 0 Å². The Kier molecular flexibility index (Phi) is 5.54. The summed E-state index contributed by atoms with van der Waals surface area (Å²) in [4.78, 5) is 19.2. The molecule has 3 aromatic rings. The summed E-state index contributed by atoms with van der Waals surface area (Å²) in [6.07, 6.45) is 4.15. The van der Waals surface area contributed by atoms with Gasteiger partial charge in [-0.3, -0.25) is 0 Å². The van der Waals surface area contributed by atoms with Gasteiger partial charge in [-0.2, -0.15) is 0 Å². The van der Waals surface area contributed by atoms with Crippen molar-refractivity contribution in [2.75, 3.05) is 25.6 Å². The van der Waals surface area contributed by atoms with E-state index in [2.05, 4.69) is 23.0 Å². The molecule has 2 aromatic heterocycles. The van der Waals surface area contributed by atoms with Crippen LogP contribution in [0.3, 0.4) is 0 Å². The molecular formula is C26H32N4O4. The summed E-state index contributed by atoms with van der Waals surface area (Å²) in [7, 11) is 3.90. The number of fused-ring (bicyclic) bond motifs is 4. The Labute approximate surface area is 199 Å². The third kappa shape index (κ3) is 4.24. The van der Waals surface area contributed by atoms with E-state index in [1.54, 1.807) is 4.90 Å². The maximum Gasteiger partial charge on any atom is 0.410 e. The summed E-state index contributed by atoms with van der Waals surface area (Å²) in [5.74, 6) is 1.51. The van der Waals surface area contributed by atoms with Crippen LogP contribution in [0.25, 0.3) is 11.0 Å². The summed E-state index contributed by atoms with van der Waals surface area (Å²) in [5.41, 5.74) is 4.80. The van der Waals surface area contributed by atoms with E-state index in [0.29, 0.717) is 13.2 Å². The number of benzene rings is 1. The Hall–Kier alpha value is -3.42. The van der Waals surface area contributed by atoms with Crippen LogP contribution in [0.1, 0.15) is 38.4 Å². The monoisotopic (exact) mass is 464 g/mol. The average Bonchev–Trinajstić information content (AvgIpc) is 3.08. The molecule has 1 aromatic carbocycles. The lowest BCUT2D eigenvalue weighted by Crippen LogP contribution is -2.43. The third-order valence-electron chi connectivity index (χ3n) is 6.48. The number of aromatic nitrogens is 2. The molecule has 5 rings (SSSR count). The highest BCUT2D eigenvalue weighted by atomic mass is 16.6. The largest absolute Gasteiger partial charge is 0.486 e. The van der Waals surface area contributed by atoms with E-state index >= 15 is 0 Å². The Morgan fingerprint density at radius 1 is 1.18 bits per heavy atom. The second kappa shape index (κ2) is 8.42. The number of hydrogen-bond acceptors (Lipinski definition) is 6. The van der Waals surface area contributed by atoms with Gasteiger partial charge in [-0.1, -0.05) is 0 Å². The molecule has 1 aliphatic carbocycles. The van der Waals surface area contributed by atoms with Crippen LogP contribution in [0, 0.1) is 0 Å². The van der Waals surface area contributed by atoms with Gasteiger partial charge in [-0.25, -0.2) is 9.78 Å². The van der Waals surface area contributed by atoms with Crippen LogP contribution >= 0.6 is 0 Å². The third-order valence-corrected chi connectivity index (χ3v) is 6.48. The van der Waals surface area contributed by atoms with Crippen molar-refractivity contribution in [1.29, 1.82) is 0 Å². The van der Waals surface area contributed by atoms with Crippen molar-refractivity contribution >= 4 is 28.5 Å². The molecule has 180 valence electrons. The van der Waals surface area contributed by atoms with Gasteiger partial charge >= 0.3 is 6.09 Å². The lowest BCUT2D eigenvalue weighted by Gasteiger charge is -2.33. The zero-order chi connectivity index (χ0) is 24.0. The zero-order valence-electron chi connectivity index (χ0n) is 20.5. The zero-order valence-corrected chi connectivity index (χ0v) is 20.5. The van der Waals surface area contributed by atoms with Crippen molar-refractivity contribution in [2.45, 2.75) is 51.7 Å². The molecule has 0 saturated carbocycles. The fourth-order valence-corrected chi connectivity index (χ4v) is 4.79. The number of carbonyl (C=O) groups is 1. The van der Waals surface area contributed by atoms with Crippen LogP contribution < -0.4 is 14.8 Å². The first-order valence-corrected chi connectivity index (χ1v) is 11.8. The van der Waals surface area contributed by atoms with E-state index in [1.807, 2.05) is 52.2 Å². The summed E-state index contributed by atoms with van der Waals surface area (Å²) < 4.78 is 19.1. The predicted octanol–water partition coefficient (Wildman–Crippen LogP) is 4.81. The number of anilines is 2. The molecule has 0 saturated heterocycles. The van der Waals surface area contributed by atoms with Crippen LogP contribution in [-0.2, 0) is 24.6 Å². The standard InChI is InChI=1S/C26H32N4O4/c1-26(2,3)34-25(31)29(4)18-7-8-21-19(14-18)20-12-17(15-27-24(20)30(21)5)28-16-6-9-22-23(13-16)33-11-10-32-22/h6,9,12-13,15,18,28H,7-8,10-11,14H2,1-5H3. The molecule has 0 fully saturated rings. The van der Waals surface area contributed by atoms with Crippen LogP contribution in [0.5, 0.6) is 11.5 Å². The number of nitrogens with zero attached hydrogens (tertiary/aromatic N) is 3. The smallest absolute Gasteiger partial charge is 0.410 e. The molecule has 8 nitrogen and oxygen atoms in total. The first kappa shape index (κ1) is 22.4. The first-order chi connectivity index (χ1) is 16.2. The van der Waals surface area contributed by atoms with Gasteiger partial charge in [0.05, 0.1) is 11.9 Å². The van der Waals surface area contributed by atoms with Crippen molar-refractivity contribution in [3.8, 4) is 11.5 Å². The van der Waals surface area contributed by atoms with Crippen LogP contribution in [0.4, 0.5) is 16.2 Å². The predicted molar refractivity (Wildman–Crippen MR) is 131 cm³/mol. The highest BCUT2D eigenvalue weighted by molar-refractivity contribution is 5.86. The minimum Gasteiger partial charge on any atom is -0.486 e. The average molecular weight is 465 g/mol. The molecule has 1 amide bonds. The van der Waals surface area contributed by atoms with E-state index in [1.165, 1.54) is 11.3 Å². The Morgan fingerprint density at radius 2 is 1.94 bits per heavy atom. The van der Waals surface area contributed by atoms with Crippen LogP contribution in [-0.4, -0.2) is 52.4 Å². The Morgan fingerprint density at radius 3 is 2.71 bits per heavy atom. The van der Waals surface area contributed by atoms with Gasteiger partial charge in [0.2, 0.25) is 0 Å². The minimum absolute atomic E-state index is 0.0855. The molecule has 2 aliphatic rings. The van der Waals surface area contributed by atoms with E-state index < -0.39 is 5.60 Å². The number of nitrogens with one attached hydrogen (secondary N) is 1. The quantitative estimate of drug-likeness (QED) is 0.599. The second-order valence-electron chi connectivity index (χ2n) is 10.1. The fourth-order valence-electron chi connectivity index (χ4n) is 4.79. The topological polar surface area (TPSA) is 77.8 Å². The molecule has 1 N–H and O–H groups in total. The molecule has 3 heterocycles. The number of likely N-dealkylation sites (N-methyl/N-ethyl adjacent to an activating group) is 1. The summed E-state index contributed by atoms with van der Waals surface area (Å²) in [6, 6.07) is 8.08. The van der Waals surface area contributed by atoms with E-state index in [9.17, 15) is 4.79 Å². The lowest BCUT2D eigenvalue weighted by molar-refractivity contribution is 0.0210. The number of hydrogen-bond donors (Lipinski definition) is 1. The second-order valence-corrected chi connectivity index (χ2v) is 10.1. The van der Waals surface area contributed by atoms with Crippen molar-refractivity contribution in [3.05, 3.63) is 41.7 Å². The number of pyridine rings is 1. The van der Waals surface area contributed by atoms with Crippen LogP contribution in [0.15, 0.2) is 30.5 Å². The van der Waals surface area contributed by atoms with Gasteiger partial charge in [0, 0.05) is 43.0 Å². The molecular weight excluding hydrogens is 432 g/mol. The molecule has 0 bridgehead atoms. The SMILES string of the molecule is CN(C(=O)OC(C)(C)C)C1CCc2c(c3cc(Nc4ccc5c(c4)OCCO5)cnc3n2C)C1. The van der Waals surface area contributed by atoms with Crippen molar-refractivity contribution in [2.24, 2.45) is 7.05 Å². The molecule has 1 unspecified atom stereocenters. The first-order valence-electron chi connectivity index (χ1n) is 11.8. The minimum atomic E-state index is -0.511. The number of rotatable bonds is 3. The fraction of sp³-hybridized carbons (Fsp3) is 0.462. The summed E-state index contributed by atoms with van der Waals surface area (Å²) in [6.45, 7) is 6.81. The van der Waals surface area contributed by atoms with Gasteiger partial charge in [0.25, 0.3) is 0 Å². The van der Waals surface area contributed by atoms with Gasteiger partial charge in [-0.15, -0.1) is 0 Å². The number of ether oxygens (including phenoxy) is 3. The number of amides is 1. The van der Waals surface area contributed by atoms with E-state index in [0.717, 1.165) is 53.2 Å². The van der Waals surface area contributed by atoms with E-state index in [4.69, 9.17) is 19.2 Å². The maximum absolute atomic E-state index is 12.7.